The van der Waals surface area contributed by atoms with Crippen molar-refractivity contribution in [1.29, 1.82) is 0 Å². The Morgan fingerprint density at radius 2 is 0.781 bits per heavy atom. The van der Waals surface area contributed by atoms with Crippen LogP contribution in [-0.4, -0.2) is 41.4 Å². The third-order valence-electron chi connectivity index (χ3n) is 6.56. The highest BCUT2D eigenvalue weighted by molar-refractivity contribution is 4.82. The van der Waals surface area contributed by atoms with Gasteiger partial charge in [0, 0.05) is 13.1 Å². The second-order valence-electron chi connectivity index (χ2n) is 9.73. The normalized spacial score (nSPS) is 11.6. The van der Waals surface area contributed by atoms with Gasteiger partial charge in [-0.2, -0.15) is 0 Å². The van der Waals surface area contributed by atoms with Crippen molar-refractivity contribution in [3.8, 4) is 0 Å². The molecule has 0 atom stereocenters. The molecule has 0 aromatic carbocycles. The number of aliphatic hydroxyl groups is 2. The predicted molar refractivity (Wildman–Crippen MR) is 142 cm³/mol. The molecular weight excluding hydrogens is 394 g/mol. The lowest BCUT2D eigenvalue weighted by Crippen LogP contribution is -2.24. The molecule has 0 aliphatic rings. The van der Waals surface area contributed by atoms with E-state index in [9.17, 15) is 0 Å². The second kappa shape index (κ2) is 28.5. The molecule has 0 bridgehead atoms. The van der Waals surface area contributed by atoms with Crippen molar-refractivity contribution in [3.05, 3.63) is 12.3 Å². The minimum absolute atomic E-state index is 0.143. The lowest BCUT2D eigenvalue weighted by molar-refractivity contribution is 0.198. The number of rotatable bonds is 27. The number of hydrogen-bond acceptors (Lipinski definition) is 3. The van der Waals surface area contributed by atoms with E-state index in [2.05, 4.69) is 13.0 Å². The minimum Gasteiger partial charge on any atom is -0.395 e. The fourth-order valence-electron chi connectivity index (χ4n) is 4.44. The lowest BCUT2D eigenvalue weighted by atomic mass is 10.0. The highest BCUT2D eigenvalue weighted by Crippen LogP contribution is 2.15. The molecule has 0 saturated heterocycles. The maximum absolute atomic E-state index is 8.99. The molecule has 0 spiro atoms. The third kappa shape index (κ3) is 25.7. The molecular formula is C29H59NO2. The molecule has 0 radical (unpaired) electrons. The van der Waals surface area contributed by atoms with E-state index in [-0.39, 0.29) is 13.2 Å². The summed E-state index contributed by atoms with van der Waals surface area (Å²) in [6.45, 7) is 3.79. The second-order valence-corrected chi connectivity index (χ2v) is 9.73. The monoisotopic (exact) mass is 453 g/mol. The number of hydrogen-bond donors (Lipinski definition) is 2. The molecule has 2 N–H and O–H groups in total. The van der Waals surface area contributed by atoms with E-state index in [1.165, 1.54) is 135 Å². The van der Waals surface area contributed by atoms with Gasteiger partial charge in [-0.25, -0.2) is 0 Å². The van der Waals surface area contributed by atoms with Gasteiger partial charge in [0.2, 0.25) is 0 Å². The molecule has 0 heterocycles. The zero-order valence-electron chi connectivity index (χ0n) is 21.9. The first-order valence-electron chi connectivity index (χ1n) is 14.5. The molecule has 0 aromatic heterocycles. The first kappa shape index (κ1) is 31.5. The zero-order valence-corrected chi connectivity index (χ0v) is 21.9. The molecule has 32 heavy (non-hydrogen) atoms. The average Bonchev–Trinajstić information content (AvgIpc) is 2.79. The Kier molecular flexibility index (Phi) is 28.0. The third-order valence-corrected chi connectivity index (χ3v) is 6.56. The summed E-state index contributed by atoms with van der Waals surface area (Å²) in [6.07, 6.45) is 35.2. The minimum atomic E-state index is 0.143. The Morgan fingerprint density at radius 3 is 1.09 bits per heavy atom. The number of unbranched alkanes of at least 4 members (excludes halogenated alkanes) is 21. The zero-order chi connectivity index (χ0) is 23.4. The molecule has 192 valence electrons. The van der Waals surface area contributed by atoms with Crippen LogP contribution in [-0.2, 0) is 0 Å². The largest absolute Gasteiger partial charge is 0.395 e. The van der Waals surface area contributed by atoms with Crippen molar-refractivity contribution in [2.45, 2.75) is 148 Å². The van der Waals surface area contributed by atoms with Crippen molar-refractivity contribution in [3.63, 3.8) is 0 Å². The quantitative estimate of drug-likeness (QED) is 0.123. The Bertz CT molecular complexity index is 353. The van der Waals surface area contributed by atoms with Crippen molar-refractivity contribution in [2.24, 2.45) is 0 Å². The molecule has 3 heteroatoms. The first-order chi connectivity index (χ1) is 15.8. The van der Waals surface area contributed by atoms with Gasteiger partial charge in [0.15, 0.2) is 0 Å². The molecule has 0 aromatic rings. The van der Waals surface area contributed by atoms with Crippen molar-refractivity contribution < 1.29 is 10.2 Å². The van der Waals surface area contributed by atoms with Crippen LogP contribution >= 0.6 is 0 Å². The smallest absolute Gasteiger partial charge is 0.0606 e. The topological polar surface area (TPSA) is 43.7 Å². The lowest BCUT2D eigenvalue weighted by Gasteiger charge is -2.17. The van der Waals surface area contributed by atoms with Crippen LogP contribution in [0.4, 0.5) is 0 Å². The maximum atomic E-state index is 8.99. The van der Waals surface area contributed by atoms with E-state index in [0.29, 0.717) is 13.1 Å². The summed E-state index contributed by atoms with van der Waals surface area (Å²) < 4.78 is 0. The molecule has 0 unspecified atom stereocenters. The van der Waals surface area contributed by atoms with Gasteiger partial charge < -0.3 is 15.1 Å². The van der Waals surface area contributed by atoms with Crippen LogP contribution in [0.1, 0.15) is 148 Å². The SMILES string of the molecule is CCCCCCCCCCCCCCCCCCCCCCCC=CN(CCO)CCO. The summed E-state index contributed by atoms with van der Waals surface area (Å²) in [5.41, 5.74) is 0. The van der Waals surface area contributed by atoms with E-state index in [1.807, 2.05) is 11.1 Å². The fourth-order valence-corrected chi connectivity index (χ4v) is 4.44. The highest BCUT2D eigenvalue weighted by Gasteiger charge is 1.97. The van der Waals surface area contributed by atoms with Crippen molar-refractivity contribution >= 4 is 0 Å². The summed E-state index contributed by atoms with van der Waals surface area (Å²) in [5, 5.41) is 18.0. The van der Waals surface area contributed by atoms with E-state index >= 15 is 0 Å². The van der Waals surface area contributed by atoms with Crippen LogP contribution in [0.3, 0.4) is 0 Å². The standard InChI is InChI=1S/C29H59NO2/c1-2-3-4-5-6-7-8-9-10-11-12-13-14-15-16-17-18-19-20-21-22-23-24-25-30(26-28-31)27-29-32/h24-25,31-32H,2-23,26-29H2,1H3. The number of allylic oxidation sites excluding steroid dienone is 1. The summed E-state index contributed by atoms with van der Waals surface area (Å²) in [7, 11) is 0. The van der Waals surface area contributed by atoms with E-state index in [1.54, 1.807) is 0 Å². The average molecular weight is 454 g/mol. The van der Waals surface area contributed by atoms with Crippen LogP contribution in [0.15, 0.2) is 12.3 Å². The fraction of sp³-hybridized carbons (Fsp3) is 0.931. The van der Waals surface area contributed by atoms with Crippen LogP contribution in [0.2, 0.25) is 0 Å². The molecule has 0 aliphatic carbocycles. The van der Waals surface area contributed by atoms with Crippen LogP contribution < -0.4 is 0 Å². The Hall–Kier alpha value is -0.540. The molecule has 0 saturated carbocycles. The molecule has 0 fully saturated rings. The van der Waals surface area contributed by atoms with Crippen molar-refractivity contribution in [1.82, 2.24) is 4.90 Å². The Morgan fingerprint density at radius 1 is 0.469 bits per heavy atom. The van der Waals surface area contributed by atoms with Gasteiger partial charge in [0.1, 0.15) is 0 Å². The predicted octanol–water partition coefficient (Wildman–Crippen LogP) is 8.39. The number of aliphatic hydroxyl groups excluding tert-OH is 2. The van der Waals surface area contributed by atoms with Gasteiger partial charge in [0.05, 0.1) is 13.2 Å². The van der Waals surface area contributed by atoms with E-state index in [0.717, 1.165) is 6.42 Å². The number of nitrogens with zero attached hydrogens (tertiary/aromatic N) is 1. The van der Waals surface area contributed by atoms with Crippen LogP contribution in [0, 0.1) is 0 Å². The van der Waals surface area contributed by atoms with Crippen LogP contribution in [0.25, 0.3) is 0 Å². The van der Waals surface area contributed by atoms with Gasteiger partial charge >= 0.3 is 0 Å². The van der Waals surface area contributed by atoms with Gasteiger partial charge in [0.25, 0.3) is 0 Å². The molecule has 0 amide bonds. The maximum Gasteiger partial charge on any atom is 0.0606 e. The molecule has 0 aliphatic heterocycles. The van der Waals surface area contributed by atoms with Crippen molar-refractivity contribution in [2.75, 3.05) is 26.3 Å². The highest BCUT2D eigenvalue weighted by atomic mass is 16.3. The summed E-state index contributed by atoms with van der Waals surface area (Å²) >= 11 is 0. The van der Waals surface area contributed by atoms with Gasteiger partial charge in [-0.15, -0.1) is 0 Å². The van der Waals surface area contributed by atoms with E-state index in [4.69, 9.17) is 10.2 Å². The van der Waals surface area contributed by atoms with Crippen LogP contribution in [0.5, 0.6) is 0 Å². The van der Waals surface area contributed by atoms with E-state index < -0.39 is 0 Å². The Balaban J connectivity index is 3.16. The van der Waals surface area contributed by atoms with Gasteiger partial charge in [-0.1, -0.05) is 141 Å². The van der Waals surface area contributed by atoms with Gasteiger partial charge in [-0.05, 0) is 19.0 Å². The molecule has 3 nitrogen and oxygen atoms in total. The first-order valence-corrected chi connectivity index (χ1v) is 14.5. The molecule has 0 rings (SSSR count). The summed E-state index contributed by atoms with van der Waals surface area (Å²) in [5.74, 6) is 0. The van der Waals surface area contributed by atoms with Gasteiger partial charge in [-0.3, -0.25) is 0 Å². The summed E-state index contributed by atoms with van der Waals surface area (Å²) in [4.78, 5) is 1.98. The summed E-state index contributed by atoms with van der Waals surface area (Å²) in [6, 6.07) is 0. The Labute approximate surface area is 202 Å².